The van der Waals surface area contributed by atoms with Crippen molar-refractivity contribution in [2.24, 2.45) is 0 Å². The molecule has 1 aromatic carbocycles. The molecule has 19 heavy (non-hydrogen) atoms. The van der Waals surface area contributed by atoms with E-state index in [1.54, 1.807) is 0 Å². The zero-order valence-corrected chi connectivity index (χ0v) is 11.0. The van der Waals surface area contributed by atoms with Crippen LogP contribution in [0.15, 0.2) is 28.8 Å². The van der Waals surface area contributed by atoms with E-state index < -0.39 is 0 Å². The van der Waals surface area contributed by atoms with Crippen LogP contribution in [-0.2, 0) is 19.6 Å². The summed E-state index contributed by atoms with van der Waals surface area (Å²) in [4.78, 5) is 4.25. The molecule has 0 spiro atoms. The van der Waals surface area contributed by atoms with E-state index in [2.05, 4.69) is 17.1 Å². The van der Waals surface area contributed by atoms with Crippen molar-refractivity contribution < 1.29 is 14.4 Å². The number of hydrogen-bond donors (Lipinski definition) is 1. The molecule has 0 radical (unpaired) electrons. The molecule has 0 amide bonds. The smallest absolute Gasteiger partial charge is 0.226 e. The van der Waals surface area contributed by atoms with E-state index in [9.17, 15) is 5.11 Å². The van der Waals surface area contributed by atoms with Crippen LogP contribution in [0.25, 0.3) is 0 Å². The van der Waals surface area contributed by atoms with Gasteiger partial charge in [-0.3, -0.25) is 0 Å². The van der Waals surface area contributed by atoms with Crippen LogP contribution in [0.2, 0.25) is 0 Å². The van der Waals surface area contributed by atoms with Gasteiger partial charge in [-0.1, -0.05) is 36.7 Å². The molecule has 0 aliphatic rings. The fourth-order valence-corrected chi connectivity index (χ4v) is 1.70. The number of rotatable bonds is 7. The molecular weight excluding hydrogens is 244 g/mol. The molecule has 0 unspecified atom stereocenters. The highest BCUT2D eigenvalue weighted by Crippen LogP contribution is 2.18. The summed E-state index contributed by atoms with van der Waals surface area (Å²) in [5, 5.41) is 13.1. The average Bonchev–Trinajstić information content (AvgIpc) is 2.91. The number of aliphatic hydroxyl groups is 1. The number of hydrogen-bond acceptors (Lipinski definition) is 5. The van der Waals surface area contributed by atoms with Crippen molar-refractivity contribution >= 4 is 0 Å². The third kappa shape index (κ3) is 3.79. The van der Waals surface area contributed by atoms with Gasteiger partial charge in [0.05, 0.1) is 6.61 Å². The maximum Gasteiger partial charge on any atom is 0.226 e. The first kappa shape index (κ1) is 13.5. The predicted octanol–water partition coefficient (Wildman–Crippen LogP) is 2.48. The monoisotopic (exact) mass is 262 g/mol. The van der Waals surface area contributed by atoms with Gasteiger partial charge in [-0.05, 0) is 12.5 Å². The first-order valence-corrected chi connectivity index (χ1v) is 6.46. The number of aryl methyl sites for hydroxylation is 1. The minimum atomic E-state index is -0.0514. The molecule has 5 nitrogen and oxygen atoms in total. The van der Waals surface area contributed by atoms with Crippen LogP contribution in [0.1, 0.15) is 37.0 Å². The van der Waals surface area contributed by atoms with Gasteiger partial charge in [0.1, 0.15) is 5.75 Å². The van der Waals surface area contributed by atoms with Gasteiger partial charge < -0.3 is 14.4 Å². The van der Waals surface area contributed by atoms with Crippen molar-refractivity contribution in [3.05, 3.63) is 41.5 Å². The molecule has 0 saturated heterocycles. The molecule has 2 aromatic rings. The first-order chi connectivity index (χ1) is 9.33. The second-order valence-electron chi connectivity index (χ2n) is 4.26. The van der Waals surface area contributed by atoms with Gasteiger partial charge in [-0.15, -0.1) is 0 Å². The summed E-state index contributed by atoms with van der Waals surface area (Å²) in [6.45, 7) is 2.31. The summed E-state index contributed by atoms with van der Waals surface area (Å²) in [6.07, 6.45) is 2.94. The fraction of sp³-hybridized carbons (Fsp3) is 0.429. The summed E-state index contributed by atoms with van der Waals surface area (Å²) in [7, 11) is 0. The van der Waals surface area contributed by atoms with E-state index in [0.29, 0.717) is 17.5 Å². The van der Waals surface area contributed by atoms with Crippen molar-refractivity contribution in [2.45, 2.75) is 39.4 Å². The minimum absolute atomic E-state index is 0.0514. The molecule has 0 bridgehead atoms. The maximum absolute atomic E-state index is 9.19. The second kappa shape index (κ2) is 6.89. The number of benzene rings is 1. The Morgan fingerprint density at radius 2 is 2.16 bits per heavy atom. The van der Waals surface area contributed by atoms with E-state index >= 15 is 0 Å². The Morgan fingerprint density at radius 3 is 2.95 bits per heavy atom. The number of unbranched alkanes of at least 4 members (excludes halogenated alkanes) is 1. The highest BCUT2D eigenvalue weighted by molar-refractivity contribution is 5.32. The van der Waals surface area contributed by atoms with Crippen LogP contribution in [0.3, 0.4) is 0 Å². The zero-order valence-electron chi connectivity index (χ0n) is 11.0. The molecular formula is C14H18N2O3. The van der Waals surface area contributed by atoms with Crippen molar-refractivity contribution in [2.75, 3.05) is 0 Å². The molecule has 1 N–H and O–H groups in total. The molecule has 0 atom stereocenters. The SMILES string of the molecule is CCCCc1nc(COc2ccccc2CO)no1. The van der Waals surface area contributed by atoms with E-state index in [4.69, 9.17) is 9.26 Å². The van der Waals surface area contributed by atoms with Crippen LogP contribution < -0.4 is 4.74 Å². The number of nitrogens with zero attached hydrogens (tertiary/aromatic N) is 2. The topological polar surface area (TPSA) is 68.4 Å². The summed E-state index contributed by atoms with van der Waals surface area (Å²) in [6, 6.07) is 7.34. The lowest BCUT2D eigenvalue weighted by atomic mass is 10.2. The van der Waals surface area contributed by atoms with Gasteiger partial charge in [0.2, 0.25) is 11.7 Å². The highest BCUT2D eigenvalue weighted by atomic mass is 16.5. The van der Waals surface area contributed by atoms with E-state index in [-0.39, 0.29) is 13.2 Å². The Morgan fingerprint density at radius 1 is 1.32 bits per heavy atom. The lowest BCUT2D eigenvalue weighted by molar-refractivity contribution is 0.252. The van der Waals surface area contributed by atoms with Gasteiger partial charge >= 0.3 is 0 Å². The summed E-state index contributed by atoms with van der Waals surface area (Å²) >= 11 is 0. The first-order valence-electron chi connectivity index (χ1n) is 6.46. The Labute approximate surface area is 112 Å². The van der Waals surface area contributed by atoms with Crippen LogP contribution in [0, 0.1) is 0 Å². The molecule has 1 aromatic heterocycles. The number of para-hydroxylation sites is 1. The van der Waals surface area contributed by atoms with Gasteiger partial charge in [0.25, 0.3) is 0 Å². The summed E-state index contributed by atoms with van der Waals surface area (Å²) in [5.41, 5.74) is 0.747. The molecule has 102 valence electrons. The third-order valence-corrected chi connectivity index (χ3v) is 2.75. The fourth-order valence-electron chi connectivity index (χ4n) is 1.70. The molecule has 0 saturated carbocycles. The van der Waals surface area contributed by atoms with Crippen LogP contribution in [0.5, 0.6) is 5.75 Å². The van der Waals surface area contributed by atoms with Crippen molar-refractivity contribution in [3.8, 4) is 5.75 Å². The van der Waals surface area contributed by atoms with E-state index in [1.165, 1.54) is 0 Å². The van der Waals surface area contributed by atoms with Crippen LogP contribution in [0.4, 0.5) is 0 Å². The van der Waals surface area contributed by atoms with E-state index in [1.807, 2.05) is 24.3 Å². The Hall–Kier alpha value is -1.88. The molecule has 0 aliphatic carbocycles. The lowest BCUT2D eigenvalue weighted by Crippen LogP contribution is -2.00. The maximum atomic E-state index is 9.19. The zero-order chi connectivity index (χ0) is 13.5. The third-order valence-electron chi connectivity index (χ3n) is 2.75. The number of aromatic nitrogens is 2. The number of aliphatic hydroxyl groups excluding tert-OH is 1. The van der Waals surface area contributed by atoms with Gasteiger partial charge in [-0.2, -0.15) is 4.98 Å². The largest absolute Gasteiger partial charge is 0.485 e. The Balaban J connectivity index is 1.93. The molecule has 0 fully saturated rings. The molecule has 2 rings (SSSR count). The lowest BCUT2D eigenvalue weighted by Gasteiger charge is -2.07. The number of ether oxygens (including phenoxy) is 1. The molecule has 5 heteroatoms. The molecule has 1 heterocycles. The quantitative estimate of drug-likeness (QED) is 0.830. The summed E-state index contributed by atoms with van der Waals surface area (Å²) < 4.78 is 10.7. The predicted molar refractivity (Wildman–Crippen MR) is 69.6 cm³/mol. The van der Waals surface area contributed by atoms with E-state index in [0.717, 1.165) is 24.8 Å². The average molecular weight is 262 g/mol. The minimum Gasteiger partial charge on any atom is -0.485 e. The van der Waals surface area contributed by atoms with Crippen molar-refractivity contribution in [1.82, 2.24) is 10.1 Å². The van der Waals surface area contributed by atoms with Gasteiger partial charge in [0.15, 0.2) is 6.61 Å². The van der Waals surface area contributed by atoms with Crippen LogP contribution in [-0.4, -0.2) is 15.2 Å². The normalized spacial score (nSPS) is 10.6. The Kier molecular flexibility index (Phi) is 4.92. The second-order valence-corrected chi connectivity index (χ2v) is 4.26. The van der Waals surface area contributed by atoms with Crippen LogP contribution >= 0.6 is 0 Å². The highest BCUT2D eigenvalue weighted by Gasteiger charge is 2.08. The van der Waals surface area contributed by atoms with Crippen molar-refractivity contribution in [1.29, 1.82) is 0 Å². The standard InChI is InChI=1S/C14H18N2O3/c1-2-3-8-14-15-13(16-19-14)10-18-12-7-5-4-6-11(12)9-17/h4-7,17H,2-3,8-10H2,1H3. The van der Waals surface area contributed by atoms with Gasteiger partial charge in [0, 0.05) is 12.0 Å². The van der Waals surface area contributed by atoms with Crippen molar-refractivity contribution in [3.63, 3.8) is 0 Å². The Bertz CT molecular complexity index is 511. The molecule has 0 aliphatic heterocycles. The van der Waals surface area contributed by atoms with Gasteiger partial charge in [-0.25, -0.2) is 0 Å². The summed E-state index contributed by atoms with van der Waals surface area (Å²) in [5.74, 6) is 1.82.